The van der Waals surface area contributed by atoms with Crippen LogP contribution in [0, 0.1) is 0 Å². The first kappa shape index (κ1) is 5.83. The maximum Gasteiger partial charge on any atom is 0.0721 e. The van der Waals surface area contributed by atoms with Gasteiger partial charge in [-0.25, -0.2) is 0 Å². The van der Waals surface area contributed by atoms with Crippen LogP contribution < -0.4 is 0 Å². The molecular formula is C7H12O. The van der Waals surface area contributed by atoms with Crippen LogP contribution in [-0.4, -0.2) is 11.2 Å². The van der Waals surface area contributed by atoms with Crippen molar-refractivity contribution >= 4 is 0 Å². The van der Waals surface area contributed by atoms with Crippen molar-refractivity contribution in [2.75, 3.05) is 0 Å². The van der Waals surface area contributed by atoms with Crippen LogP contribution in [0.5, 0.6) is 0 Å². The van der Waals surface area contributed by atoms with Crippen LogP contribution in [-0.2, 0) is 0 Å². The highest BCUT2D eigenvalue weighted by atomic mass is 16.3. The van der Waals surface area contributed by atoms with E-state index in [4.69, 9.17) is 5.11 Å². The third kappa shape index (κ3) is 1.10. The van der Waals surface area contributed by atoms with Crippen molar-refractivity contribution in [3.63, 3.8) is 0 Å². The lowest BCUT2D eigenvalue weighted by Gasteiger charge is -2.01. The van der Waals surface area contributed by atoms with Crippen molar-refractivity contribution in [1.82, 2.24) is 0 Å². The molecule has 0 radical (unpaired) electrons. The molecule has 0 heterocycles. The summed E-state index contributed by atoms with van der Waals surface area (Å²) >= 11 is 0. The van der Waals surface area contributed by atoms with Crippen molar-refractivity contribution in [2.24, 2.45) is 0 Å². The highest BCUT2D eigenvalue weighted by Gasteiger charge is 2.07. The summed E-state index contributed by atoms with van der Waals surface area (Å²) in [5, 5.41) is 8.98. The molecule has 0 saturated carbocycles. The van der Waals surface area contributed by atoms with Crippen LogP contribution in [0.4, 0.5) is 0 Å². The van der Waals surface area contributed by atoms with E-state index in [1.165, 1.54) is 18.4 Å². The molecular weight excluding hydrogens is 100 g/mol. The van der Waals surface area contributed by atoms with Crippen LogP contribution in [0.3, 0.4) is 0 Å². The summed E-state index contributed by atoms with van der Waals surface area (Å²) in [4.78, 5) is 0. The van der Waals surface area contributed by atoms with E-state index < -0.39 is 0 Å². The van der Waals surface area contributed by atoms with Crippen LogP contribution >= 0.6 is 0 Å². The molecule has 0 spiro atoms. The maximum absolute atomic E-state index is 8.98. The third-order valence-electron chi connectivity index (χ3n) is 1.61. The first-order valence-corrected chi connectivity index (χ1v) is 3.17. The summed E-state index contributed by atoms with van der Waals surface area (Å²) < 4.78 is 0. The molecule has 0 saturated heterocycles. The largest absolute Gasteiger partial charge is 0.389 e. The molecule has 1 atom stereocenters. The van der Waals surface area contributed by atoms with Gasteiger partial charge in [-0.1, -0.05) is 6.08 Å². The van der Waals surface area contributed by atoms with Gasteiger partial charge in [0.15, 0.2) is 0 Å². The fourth-order valence-electron chi connectivity index (χ4n) is 1.08. The Morgan fingerprint density at radius 3 is 2.75 bits per heavy atom. The van der Waals surface area contributed by atoms with E-state index in [0.29, 0.717) is 0 Å². The minimum atomic E-state index is -0.197. The zero-order valence-electron chi connectivity index (χ0n) is 5.22. The van der Waals surface area contributed by atoms with E-state index in [1.54, 1.807) is 0 Å². The van der Waals surface area contributed by atoms with Gasteiger partial charge in [0.05, 0.1) is 6.10 Å². The third-order valence-corrected chi connectivity index (χ3v) is 1.61. The van der Waals surface area contributed by atoms with Gasteiger partial charge in [0.1, 0.15) is 0 Å². The second-order valence-corrected chi connectivity index (χ2v) is 2.35. The number of allylic oxidation sites excluding steroid dienone is 1. The highest BCUT2D eigenvalue weighted by molar-refractivity contribution is 5.11. The molecule has 0 unspecified atom stereocenters. The molecule has 1 heteroatoms. The molecule has 0 aliphatic heterocycles. The lowest BCUT2D eigenvalue weighted by atomic mass is 10.1. The first-order valence-electron chi connectivity index (χ1n) is 3.17. The van der Waals surface area contributed by atoms with Gasteiger partial charge in [-0.2, -0.15) is 0 Å². The Kier molecular flexibility index (Phi) is 1.69. The molecule has 0 bridgehead atoms. The summed E-state index contributed by atoms with van der Waals surface area (Å²) in [5.41, 5.74) is 1.23. The number of aliphatic hydroxyl groups excluding tert-OH is 1. The van der Waals surface area contributed by atoms with Crippen LogP contribution in [0.2, 0.25) is 0 Å². The van der Waals surface area contributed by atoms with Crippen molar-refractivity contribution in [3.8, 4) is 0 Å². The van der Waals surface area contributed by atoms with Gasteiger partial charge in [-0.15, -0.1) is 0 Å². The van der Waals surface area contributed by atoms with Gasteiger partial charge in [-0.05, 0) is 31.8 Å². The molecule has 0 aromatic rings. The van der Waals surface area contributed by atoms with Crippen molar-refractivity contribution < 1.29 is 5.11 Å². The Bertz CT molecular complexity index is 103. The Balaban J connectivity index is 2.45. The lowest BCUT2D eigenvalue weighted by molar-refractivity contribution is 0.228. The summed E-state index contributed by atoms with van der Waals surface area (Å²) in [5.74, 6) is 0. The molecule has 1 aliphatic rings. The van der Waals surface area contributed by atoms with E-state index >= 15 is 0 Å². The van der Waals surface area contributed by atoms with E-state index in [1.807, 2.05) is 6.92 Å². The van der Waals surface area contributed by atoms with Crippen LogP contribution in [0.1, 0.15) is 26.2 Å². The van der Waals surface area contributed by atoms with Crippen LogP contribution in [0.15, 0.2) is 11.6 Å². The molecule has 1 rings (SSSR count). The average molecular weight is 112 g/mol. The van der Waals surface area contributed by atoms with E-state index in [-0.39, 0.29) is 6.10 Å². The fraction of sp³-hybridized carbons (Fsp3) is 0.714. The second kappa shape index (κ2) is 2.31. The van der Waals surface area contributed by atoms with Crippen molar-refractivity contribution in [1.29, 1.82) is 0 Å². The normalized spacial score (nSPS) is 23.0. The zero-order chi connectivity index (χ0) is 5.98. The molecule has 8 heavy (non-hydrogen) atoms. The molecule has 1 N–H and O–H groups in total. The van der Waals surface area contributed by atoms with Gasteiger partial charge in [0.25, 0.3) is 0 Å². The van der Waals surface area contributed by atoms with Crippen molar-refractivity contribution in [2.45, 2.75) is 32.3 Å². The fourth-order valence-corrected chi connectivity index (χ4v) is 1.08. The SMILES string of the molecule is C[C@H](O)C1=CCCC1. The summed E-state index contributed by atoms with van der Waals surface area (Å²) in [6.45, 7) is 1.83. The quantitative estimate of drug-likeness (QED) is 0.509. The number of rotatable bonds is 1. The molecule has 0 aromatic heterocycles. The molecule has 1 aliphatic carbocycles. The van der Waals surface area contributed by atoms with Gasteiger partial charge in [0.2, 0.25) is 0 Å². The van der Waals surface area contributed by atoms with Crippen LogP contribution in [0.25, 0.3) is 0 Å². The molecule has 1 nitrogen and oxygen atoms in total. The topological polar surface area (TPSA) is 20.2 Å². The van der Waals surface area contributed by atoms with E-state index in [9.17, 15) is 0 Å². The average Bonchev–Trinajstić information content (AvgIpc) is 2.12. The number of aliphatic hydroxyl groups is 1. The Hall–Kier alpha value is -0.300. The standard InChI is InChI=1S/C7H12O/c1-6(8)7-4-2-3-5-7/h4,6,8H,2-3,5H2,1H3/t6-/m0/s1. The van der Waals surface area contributed by atoms with Gasteiger partial charge >= 0.3 is 0 Å². The van der Waals surface area contributed by atoms with Gasteiger partial charge in [-0.3, -0.25) is 0 Å². The Morgan fingerprint density at radius 1 is 1.75 bits per heavy atom. The predicted molar refractivity (Wildman–Crippen MR) is 33.6 cm³/mol. The van der Waals surface area contributed by atoms with E-state index in [0.717, 1.165) is 6.42 Å². The molecule has 0 aromatic carbocycles. The summed E-state index contributed by atoms with van der Waals surface area (Å²) in [7, 11) is 0. The smallest absolute Gasteiger partial charge is 0.0721 e. The number of hydrogen-bond acceptors (Lipinski definition) is 1. The zero-order valence-corrected chi connectivity index (χ0v) is 5.22. The Morgan fingerprint density at radius 2 is 2.50 bits per heavy atom. The predicted octanol–water partition coefficient (Wildman–Crippen LogP) is 1.48. The highest BCUT2D eigenvalue weighted by Crippen LogP contribution is 2.19. The minimum absolute atomic E-state index is 0.197. The molecule has 0 fully saturated rings. The monoisotopic (exact) mass is 112 g/mol. The first-order chi connectivity index (χ1) is 3.80. The maximum atomic E-state index is 8.98. The van der Waals surface area contributed by atoms with Crippen molar-refractivity contribution in [3.05, 3.63) is 11.6 Å². The molecule has 0 amide bonds. The minimum Gasteiger partial charge on any atom is -0.389 e. The van der Waals surface area contributed by atoms with Gasteiger partial charge < -0.3 is 5.11 Å². The second-order valence-electron chi connectivity index (χ2n) is 2.35. The summed E-state index contributed by atoms with van der Waals surface area (Å²) in [6, 6.07) is 0. The van der Waals surface area contributed by atoms with E-state index in [2.05, 4.69) is 6.08 Å². The Labute approximate surface area is 50.0 Å². The lowest BCUT2D eigenvalue weighted by Crippen LogP contribution is -2.00. The molecule has 46 valence electrons. The summed E-state index contributed by atoms with van der Waals surface area (Å²) in [6.07, 6.45) is 5.46. The number of hydrogen-bond donors (Lipinski definition) is 1. The van der Waals surface area contributed by atoms with Gasteiger partial charge in [0, 0.05) is 0 Å².